The smallest absolute Gasteiger partial charge is 0.411 e. The molecule has 12 heteroatoms. The number of ether oxygens (including phenoxy) is 2. The highest BCUT2D eigenvalue weighted by atomic mass is 19.1. The Labute approximate surface area is 225 Å². The van der Waals surface area contributed by atoms with Crippen molar-refractivity contribution in [3.05, 3.63) is 47.8 Å². The molecule has 1 spiro atoms. The third-order valence-corrected chi connectivity index (χ3v) is 7.32. The number of fused-ring (bicyclic) bond motifs is 2. The van der Waals surface area contributed by atoms with E-state index in [1.165, 1.54) is 6.07 Å². The number of amides is 3. The molecular weight excluding hydrogens is 505 g/mol. The number of hydrogen-bond donors (Lipinski definition) is 1. The largest absolute Gasteiger partial charge is 0.444 e. The molecule has 6 rings (SSSR count). The minimum atomic E-state index is -0.578. The number of carbonyl (C=O) groups is 2. The molecule has 0 saturated carbocycles. The summed E-state index contributed by atoms with van der Waals surface area (Å²) >= 11 is 0. The first-order valence-electron chi connectivity index (χ1n) is 13.1. The Hall–Kier alpha value is -3.93. The number of aromatic nitrogens is 3. The van der Waals surface area contributed by atoms with Gasteiger partial charge in [-0.2, -0.15) is 0 Å². The number of imidazole rings is 1. The number of nitrogens with one attached hydrogen (secondary N) is 1. The summed E-state index contributed by atoms with van der Waals surface area (Å²) < 4.78 is 27.3. The number of urea groups is 1. The van der Waals surface area contributed by atoms with Gasteiger partial charge < -0.3 is 24.1 Å². The first-order chi connectivity index (χ1) is 18.5. The monoisotopic (exact) mass is 537 g/mol. The van der Waals surface area contributed by atoms with E-state index in [9.17, 15) is 14.0 Å². The van der Waals surface area contributed by atoms with Crippen LogP contribution in [0.2, 0.25) is 0 Å². The van der Waals surface area contributed by atoms with Crippen LogP contribution in [0.1, 0.15) is 32.0 Å². The van der Waals surface area contributed by atoms with E-state index < -0.39 is 17.0 Å². The summed E-state index contributed by atoms with van der Waals surface area (Å²) in [5.74, 6) is 0.0704. The predicted octanol–water partition coefficient (Wildman–Crippen LogP) is 3.60. The molecule has 1 N–H and O–H groups in total. The molecule has 0 aliphatic carbocycles. The molecule has 0 bridgehead atoms. The van der Waals surface area contributed by atoms with Gasteiger partial charge in [-0.25, -0.2) is 23.9 Å². The van der Waals surface area contributed by atoms with E-state index in [2.05, 4.69) is 20.2 Å². The zero-order chi connectivity index (χ0) is 27.5. The Morgan fingerprint density at radius 2 is 1.97 bits per heavy atom. The average molecular weight is 538 g/mol. The van der Waals surface area contributed by atoms with E-state index in [0.29, 0.717) is 63.0 Å². The first kappa shape index (κ1) is 25.4. The maximum atomic E-state index is 14.5. The average Bonchev–Trinajstić information content (AvgIpc) is 3.45. The Bertz CT molecular complexity index is 1460. The topological polar surface area (TPSA) is 105 Å². The number of pyridine rings is 2. The van der Waals surface area contributed by atoms with Crippen LogP contribution in [0.4, 0.5) is 31.2 Å². The quantitative estimate of drug-likeness (QED) is 0.533. The summed E-state index contributed by atoms with van der Waals surface area (Å²) in [7, 11) is 0. The third kappa shape index (κ3) is 4.52. The standard InChI is InChI=1S/C27H32FN7O4/c1-17-12-33-13-18(11-20(28)23(33)30-17)31-24(36)34-8-6-19-21(5-7-29-22(19)34)32-9-10-35(25(37)39-26(2,3)4)27(14-32)15-38-16-27/h5,7,11-13H,6,8-10,14-16H2,1-4H3,(H,31,36). The van der Waals surface area contributed by atoms with Crippen molar-refractivity contribution in [3.63, 3.8) is 0 Å². The van der Waals surface area contributed by atoms with E-state index in [-0.39, 0.29) is 17.8 Å². The molecule has 0 aromatic carbocycles. The molecule has 3 aromatic heterocycles. The number of rotatable bonds is 2. The summed E-state index contributed by atoms with van der Waals surface area (Å²) in [6.07, 6.45) is 5.35. The second kappa shape index (κ2) is 9.08. The number of carbonyl (C=O) groups excluding carboxylic acids is 2. The molecule has 2 saturated heterocycles. The van der Waals surface area contributed by atoms with Gasteiger partial charge in [0.2, 0.25) is 0 Å². The second-order valence-electron chi connectivity index (χ2n) is 11.4. The van der Waals surface area contributed by atoms with E-state index in [0.717, 1.165) is 11.3 Å². The minimum absolute atomic E-state index is 0.213. The van der Waals surface area contributed by atoms with Gasteiger partial charge in [-0.1, -0.05) is 0 Å². The number of piperazine rings is 1. The van der Waals surface area contributed by atoms with Crippen molar-refractivity contribution >= 4 is 35.0 Å². The van der Waals surface area contributed by atoms with Gasteiger partial charge in [-0.05, 0) is 40.2 Å². The van der Waals surface area contributed by atoms with Gasteiger partial charge in [-0.3, -0.25) is 9.80 Å². The first-order valence-corrected chi connectivity index (χ1v) is 13.1. The molecule has 2 fully saturated rings. The summed E-state index contributed by atoms with van der Waals surface area (Å²) in [4.78, 5) is 40.5. The predicted molar refractivity (Wildman–Crippen MR) is 143 cm³/mol. The molecule has 0 radical (unpaired) electrons. The van der Waals surface area contributed by atoms with Crippen molar-refractivity contribution in [1.29, 1.82) is 0 Å². The second-order valence-corrected chi connectivity index (χ2v) is 11.4. The van der Waals surface area contributed by atoms with Gasteiger partial charge >= 0.3 is 12.1 Å². The molecule has 11 nitrogen and oxygen atoms in total. The minimum Gasteiger partial charge on any atom is -0.444 e. The normalized spacial score (nSPS) is 18.3. The van der Waals surface area contributed by atoms with Crippen LogP contribution in [-0.2, 0) is 15.9 Å². The fourth-order valence-corrected chi connectivity index (χ4v) is 5.58. The van der Waals surface area contributed by atoms with Crippen LogP contribution >= 0.6 is 0 Å². The molecule has 3 aliphatic rings. The Balaban J connectivity index is 1.21. The van der Waals surface area contributed by atoms with Crippen LogP contribution in [0.3, 0.4) is 0 Å². The van der Waals surface area contributed by atoms with Crippen molar-refractivity contribution in [2.45, 2.75) is 45.3 Å². The summed E-state index contributed by atoms with van der Waals surface area (Å²) in [6, 6.07) is 2.85. The molecule has 3 aliphatic heterocycles. The molecule has 206 valence electrons. The van der Waals surface area contributed by atoms with Crippen LogP contribution in [0.25, 0.3) is 5.65 Å². The van der Waals surface area contributed by atoms with Crippen molar-refractivity contribution in [3.8, 4) is 0 Å². The van der Waals surface area contributed by atoms with E-state index in [1.807, 2.05) is 26.8 Å². The maximum Gasteiger partial charge on any atom is 0.411 e. The summed E-state index contributed by atoms with van der Waals surface area (Å²) in [5.41, 5.74) is 2.16. The Kier molecular flexibility index (Phi) is 5.90. The SMILES string of the molecule is Cc1cn2cc(NC(=O)N3CCc4c(N5CCN(C(=O)OC(C)(C)C)C6(COC6)C5)ccnc43)cc(F)c2n1. The number of aryl methyl sites for hydroxylation is 1. The van der Waals surface area contributed by atoms with Gasteiger partial charge in [0.25, 0.3) is 0 Å². The lowest BCUT2D eigenvalue weighted by Crippen LogP contribution is -2.73. The highest BCUT2D eigenvalue weighted by Gasteiger charge is 2.51. The zero-order valence-corrected chi connectivity index (χ0v) is 22.5. The molecule has 3 amide bonds. The fraction of sp³-hybridized carbons (Fsp3) is 0.481. The molecular formula is C27H32FN7O4. The van der Waals surface area contributed by atoms with Crippen LogP contribution in [0.15, 0.2) is 30.7 Å². The Morgan fingerprint density at radius 1 is 1.18 bits per heavy atom. The molecule has 0 unspecified atom stereocenters. The molecule has 3 aromatic rings. The highest BCUT2D eigenvalue weighted by Crippen LogP contribution is 2.38. The molecule has 0 atom stereocenters. The fourth-order valence-electron chi connectivity index (χ4n) is 5.58. The summed E-state index contributed by atoms with van der Waals surface area (Å²) in [6.45, 7) is 10.4. The van der Waals surface area contributed by atoms with E-state index in [4.69, 9.17) is 9.47 Å². The van der Waals surface area contributed by atoms with Crippen LogP contribution < -0.4 is 15.1 Å². The zero-order valence-electron chi connectivity index (χ0n) is 22.5. The van der Waals surface area contributed by atoms with Crippen molar-refractivity contribution in [2.24, 2.45) is 0 Å². The van der Waals surface area contributed by atoms with E-state index in [1.54, 1.807) is 39.7 Å². The number of hydrogen-bond acceptors (Lipinski definition) is 7. The van der Waals surface area contributed by atoms with Crippen molar-refractivity contribution in [2.75, 3.05) is 54.5 Å². The number of anilines is 3. The molecule has 39 heavy (non-hydrogen) atoms. The molecule has 6 heterocycles. The number of nitrogens with zero attached hydrogens (tertiary/aromatic N) is 6. The van der Waals surface area contributed by atoms with E-state index >= 15 is 0 Å². The van der Waals surface area contributed by atoms with Gasteiger partial charge in [0.15, 0.2) is 11.5 Å². The van der Waals surface area contributed by atoms with Crippen molar-refractivity contribution in [1.82, 2.24) is 19.3 Å². The van der Waals surface area contributed by atoms with Crippen molar-refractivity contribution < 1.29 is 23.5 Å². The van der Waals surface area contributed by atoms with Gasteiger partial charge in [0.05, 0.1) is 24.6 Å². The maximum absolute atomic E-state index is 14.5. The lowest BCUT2D eigenvalue weighted by molar-refractivity contribution is -0.138. The highest BCUT2D eigenvalue weighted by molar-refractivity contribution is 6.03. The third-order valence-electron chi connectivity index (χ3n) is 7.32. The van der Waals surface area contributed by atoms with Crippen LogP contribution in [0, 0.1) is 12.7 Å². The lowest BCUT2D eigenvalue weighted by atomic mass is 9.91. The number of halogens is 1. The summed E-state index contributed by atoms with van der Waals surface area (Å²) in [5, 5.41) is 2.80. The van der Waals surface area contributed by atoms with Crippen LogP contribution in [0.5, 0.6) is 0 Å². The Morgan fingerprint density at radius 3 is 2.69 bits per heavy atom. The van der Waals surface area contributed by atoms with Gasteiger partial charge in [0.1, 0.15) is 17.0 Å². The van der Waals surface area contributed by atoms with Crippen LogP contribution in [-0.4, -0.2) is 81.9 Å². The lowest BCUT2D eigenvalue weighted by Gasteiger charge is -2.55. The van der Waals surface area contributed by atoms with Gasteiger partial charge in [-0.15, -0.1) is 0 Å². The van der Waals surface area contributed by atoms with Gasteiger partial charge in [0, 0.05) is 62.1 Å².